The molecule has 168 valence electrons. The summed E-state index contributed by atoms with van der Waals surface area (Å²) < 4.78 is 11.1. The maximum absolute atomic E-state index is 12.8. The molecule has 0 unspecified atom stereocenters. The second-order valence-electron chi connectivity index (χ2n) is 7.59. The first-order valence-electron chi connectivity index (χ1n) is 10.3. The Balaban J connectivity index is 1.47. The van der Waals surface area contributed by atoms with E-state index in [9.17, 15) is 9.59 Å². The minimum atomic E-state index is -0.673. The Bertz CT molecular complexity index is 1310. The van der Waals surface area contributed by atoms with E-state index in [0.29, 0.717) is 22.0 Å². The van der Waals surface area contributed by atoms with Gasteiger partial charge in [0.05, 0.1) is 0 Å². The number of nitrogens with one attached hydrogen (secondary N) is 1. The number of carbonyl (C=O) groups excluding carboxylic acids is 2. The average molecular weight is 480 g/mol. The van der Waals surface area contributed by atoms with Crippen LogP contribution in [0.5, 0.6) is 0 Å². The van der Waals surface area contributed by atoms with Gasteiger partial charge in [-0.25, -0.2) is 4.79 Å². The highest BCUT2D eigenvalue weighted by molar-refractivity contribution is 7.98. The quantitative estimate of drug-likeness (QED) is 0.233. The van der Waals surface area contributed by atoms with Crippen molar-refractivity contribution in [3.8, 4) is 0 Å². The smallest absolute Gasteiger partial charge is 0.375 e. The number of thioether (sulfide) groups is 1. The molecule has 0 aliphatic carbocycles. The molecular weight excluding hydrogens is 458 g/mol. The van der Waals surface area contributed by atoms with Gasteiger partial charge in [0.25, 0.3) is 5.91 Å². The molecule has 0 saturated carbocycles. The number of amides is 1. The summed E-state index contributed by atoms with van der Waals surface area (Å²) in [5.74, 6) is -0.480. The van der Waals surface area contributed by atoms with Crippen molar-refractivity contribution in [1.29, 1.82) is 0 Å². The molecule has 0 saturated heterocycles. The van der Waals surface area contributed by atoms with Gasteiger partial charge in [-0.15, -0.1) is 11.8 Å². The Hall–Kier alpha value is -3.22. The van der Waals surface area contributed by atoms with Gasteiger partial charge in [0, 0.05) is 32.3 Å². The summed E-state index contributed by atoms with van der Waals surface area (Å²) in [4.78, 5) is 26.2. The molecule has 4 aromatic rings. The number of rotatable bonds is 7. The number of hydrogen-bond acceptors (Lipinski definition) is 5. The minimum Gasteiger partial charge on any atom is -0.450 e. The van der Waals surface area contributed by atoms with E-state index in [1.165, 1.54) is 0 Å². The number of hydrogen-bond donors (Lipinski definition) is 1. The van der Waals surface area contributed by atoms with Crippen molar-refractivity contribution < 1.29 is 18.7 Å². The lowest BCUT2D eigenvalue weighted by atomic mass is 10.1. The van der Waals surface area contributed by atoms with Crippen LogP contribution >= 0.6 is 23.4 Å². The van der Waals surface area contributed by atoms with Crippen LogP contribution in [0.25, 0.3) is 11.0 Å². The van der Waals surface area contributed by atoms with Gasteiger partial charge in [-0.3, -0.25) is 4.79 Å². The lowest BCUT2D eigenvalue weighted by Gasteiger charge is -2.09. The van der Waals surface area contributed by atoms with Crippen molar-refractivity contribution in [3.63, 3.8) is 0 Å². The van der Waals surface area contributed by atoms with Crippen LogP contribution in [0.1, 0.15) is 27.2 Å². The third kappa shape index (κ3) is 5.59. The highest BCUT2D eigenvalue weighted by Gasteiger charge is 2.23. The molecule has 1 amide bonds. The number of aryl methyl sites for hydroxylation is 2. The predicted molar refractivity (Wildman–Crippen MR) is 132 cm³/mol. The SMILES string of the molecule is Cc1ccc(NC(=O)COC(=O)c2oc3ccccc3c2CSc2ccc(Cl)cc2)c(C)c1. The van der Waals surface area contributed by atoms with Crippen LogP contribution in [-0.2, 0) is 15.3 Å². The normalized spacial score (nSPS) is 10.9. The molecule has 7 heteroatoms. The molecule has 1 N–H and O–H groups in total. The molecule has 3 aromatic carbocycles. The average Bonchev–Trinajstić information content (AvgIpc) is 3.18. The molecule has 1 heterocycles. The first kappa shape index (κ1) is 23.0. The molecule has 0 radical (unpaired) electrons. The highest BCUT2D eigenvalue weighted by Crippen LogP contribution is 2.33. The Morgan fingerprint density at radius 3 is 2.55 bits per heavy atom. The Morgan fingerprint density at radius 1 is 1.03 bits per heavy atom. The zero-order valence-corrected chi connectivity index (χ0v) is 19.8. The molecule has 0 fully saturated rings. The van der Waals surface area contributed by atoms with E-state index in [4.69, 9.17) is 20.8 Å². The molecular formula is C26H22ClNO4S. The Labute approximate surface area is 201 Å². The number of esters is 1. The van der Waals surface area contributed by atoms with Crippen LogP contribution in [0, 0.1) is 13.8 Å². The van der Waals surface area contributed by atoms with Gasteiger partial charge in [-0.05, 0) is 55.8 Å². The molecule has 0 spiro atoms. The summed E-state index contributed by atoms with van der Waals surface area (Å²) in [5.41, 5.74) is 4.05. The number of benzene rings is 3. The lowest BCUT2D eigenvalue weighted by molar-refractivity contribution is -0.119. The van der Waals surface area contributed by atoms with Crippen LogP contribution in [0.3, 0.4) is 0 Å². The second kappa shape index (κ2) is 10.1. The largest absolute Gasteiger partial charge is 0.450 e. The molecule has 5 nitrogen and oxygen atoms in total. The maximum atomic E-state index is 12.8. The maximum Gasteiger partial charge on any atom is 0.375 e. The molecule has 0 bridgehead atoms. The molecule has 0 aliphatic heterocycles. The minimum absolute atomic E-state index is 0.108. The van der Waals surface area contributed by atoms with Crippen LogP contribution in [0.4, 0.5) is 5.69 Å². The van der Waals surface area contributed by atoms with E-state index in [-0.39, 0.29) is 5.76 Å². The summed E-state index contributed by atoms with van der Waals surface area (Å²) in [7, 11) is 0. The van der Waals surface area contributed by atoms with Crippen molar-refractivity contribution >= 4 is 51.9 Å². The van der Waals surface area contributed by atoms with Crippen molar-refractivity contribution in [1.82, 2.24) is 0 Å². The molecule has 1 aromatic heterocycles. The van der Waals surface area contributed by atoms with Crippen LogP contribution in [0.15, 0.2) is 76.0 Å². The van der Waals surface area contributed by atoms with Crippen LogP contribution in [-0.4, -0.2) is 18.5 Å². The van der Waals surface area contributed by atoms with Gasteiger partial charge >= 0.3 is 5.97 Å². The van der Waals surface area contributed by atoms with E-state index in [1.807, 2.05) is 74.5 Å². The van der Waals surface area contributed by atoms with Gasteiger partial charge in [0.2, 0.25) is 5.76 Å². The number of furan rings is 1. The fourth-order valence-electron chi connectivity index (χ4n) is 3.43. The predicted octanol–water partition coefficient (Wildman–Crippen LogP) is 6.79. The van der Waals surface area contributed by atoms with E-state index in [2.05, 4.69) is 5.32 Å². The third-order valence-corrected chi connectivity index (χ3v) is 6.36. The highest BCUT2D eigenvalue weighted by atomic mass is 35.5. The van der Waals surface area contributed by atoms with Crippen LogP contribution in [0.2, 0.25) is 5.02 Å². The van der Waals surface area contributed by atoms with Gasteiger partial charge in [0.15, 0.2) is 6.61 Å². The fraction of sp³-hybridized carbons (Fsp3) is 0.154. The molecule has 4 rings (SSSR count). The van der Waals surface area contributed by atoms with Crippen molar-refractivity contribution in [2.75, 3.05) is 11.9 Å². The summed E-state index contributed by atoms with van der Waals surface area (Å²) in [5, 5.41) is 4.28. The number of carbonyl (C=O) groups is 2. The fourth-order valence-corrected chi connectivity index (χ4v) is 4.48. The number of anilines is 1. The van der Waals surface area contributed by atoms with E-state index in [1.54, 1.807) is 17.8 Å². The lowest BCUT2D eigenvalue weighted by Crippen LogP contribution is -2.21. The number of ether oxygens (including phenoxy) is 1. The summed E-state index contributed by atoms with van der Waals surface area (Å²) in [6.07, 6.45) is 0. The Kier molecular flexibility index (Phi) is 7.06. The first-order valence-corrected chi connectivity index (χ1v) is 11.7. The topological polar surface area (TPSA) is 68.5 Å². The van der Waals surface area contributed by atoms with Crippen molar-refractivity contribution in [2.45, 2.75) is 24.5 Å². The zero-order valence-electron chi connectivity index (χ0n) is 18.2. The van der Waals surface area contributed by atoms with Crippen LogP contribution < -0.4 is 5.32 Å². The number of para-hydroxylation sites is 1. The van der Waals surface area contributed by atoms with Crippen molar-refractivity contribution in [3.05, 3.63) is 94.2 Å². The van der Waals surface area contributed by atoms with Crippen molar-refractivity contribution in [2.24, 2.45) is 0 Å². The van der Waals surface area contributed by atoms with Gasteiger partial charge in [-0.2, -0.15) is 0 Å². The number of halogens is 1. The monoisotopic (exact) mass is 479 g/mol. The molecule has 33 heavy (non-hydrogen) atoms. The number of fused-ring (bicyclic) bond motifs is 1. The van der Waals surface area contributed by atoms with Gasteiger partial charge in [-0.1, -0.05) is 47.5 Å². The standard InChI is InChI=1S/C26H22ClNO4S/c1-16-7-12-22(17(2)13-16)28-24(29)14-31-26(30)25-21(20-5-3-4-6-23(20)32-25)15-33-19-10-8-18(27)9-11-19/h3-13H,14-15H2,1-2H3,(H,28,29). The Morgan fingerprint density at radius 2 is 1.79 bits per heavy atom. The summed E-state index contributed by atoms with van der Waals surface area (Å²) >= 11 is 7.52. The summed E-state index contributed by atoms with van der Waals surface area (Å²) in [6.45, 7) is 3.48. The summed E-state index contributed by atoms with van der Waals surface area (Å²) in [6, 6.07) is 20.6. The van der Waals surface area contributed by atoms with E-state index >= 15 is 0 Å². The van der Waals surface area contributed by atoms with E-state index in [0.717, 1.165) is 27.0 Å². The first-order chi connectivity index (χ1) is 15.9. The molecule has 0 aliphatic rings. The molecule has 0 atom stereocenters. The van der Waals surface area contributed by atoms with E-state index < -0.39 is 18.5 Å². The zero-order chi connectivity index (χ0) is 23.4. The third-order valence-electron chi connectivity index (χ3n) is 5.07. The van der Waals surface area contributed by atoms with Gasteiger partial charge < -0.3 is 14.5 Å². The second-order valence-corrected chi connectivity index (χ2v) is 9.08. The van der Waals surface area contributed by atoms with Gasteiger partial charge in [0.1, 0.15) is 5.58 Å².